The largest absolute Gasteiger partial charge is 0.569 e. The van der Waals surface area contributed by atoms with Gasteiger partial charge in [0.25, 0.3) is 16.3 Å². The molecule has 0 bridgehead atoms. The molecule has 14 nitrogen and oxygen atoms in total. The third-order valence-corrected chi connectivity index (χ3v) is 8.20. The maximum atomic E-state index is 13.5. The number of esters is 1. The predicted molar refractivity (Wildman–Crippen MR) is 166 cm³/mol. The van der Waals surface area contributed by atoms with Crippen LogP contribution in [0.3, 0.4) is 0 Å². The zero-order valence-electron chi connectivity index (χ0n) is 26.5. The number of sulfonamides is 1. The molecule has 4 aromatic rings. The molecule has 0 spiro atoms. The lowest BCUT2D eigenvalue weighted by Gasteiger charge is -2.20. The third kappa shape index (κ3) is 9.47. The molecule has 1 N–H and O–H groups in total. The van der Waals surface area contributed by atoms with Crippen molar-refractivity contribution in [1.82, 2.24) is 19.5 Å². The summed E-state index contributed by atoms with van der Waals surface area (Å²) in [7, 11) is -3.19. The molecule has 0 aliphatic carbocycles. The van der Waals surface area contributed by atoms with Crippen LogP contribution in [0.1, 0.15) is 35.5 Å². The topological polar surface area (TPSA) is 167 Å². The van der Waals surface area contributed by atoms with E-state index in [1.165, 1.54) is 45.2 Å². The Morgan fingerprint density at radius 1 is 1.04 bits per heavy atom. The molecule has 2 atom stereocenters. The van der Waals surface area contributed by atoms with Crippen LogP contribution in [0.25, 0.3) is 16.9 Å². The summed E-state index contributed by atoms with van der Waals surface area (Å²) in [6.45, 7) is 4.16. The summed E-state index contributed by atoms with van der Waals surface area (Å²) < 4.78 is 79.0. The zero-order chi connectivity index (χ0) is 35.9. The Labute approximate surface area is 278 Å². The summed E-state index contributed by atoms with van der Waals surface area (Å²) in [5, 5.41) is 20.2. The Morgan fingerprint density at radius 2 is 1.67 bits per heavy atom. The number of likely N-dealkylation sites (N-methyl/N-ethyl adjacent to an activating group) is 1. The molecule has 0 saturated carbocycles. The maximum absolute atomic E-state index is 13.5. The van der Waals surface area contributed by atoms with Gasteiger partial charge in [0.2, 0.25) is 5.28 Å². The zero-order valence-corrected chi connectivity index (χ0v) is 27.3. The molecule has 260 valence electrons. The Kier molecular flexibility index (Phi) is 11.1. The summed E-state index contributed by atoms with van der Waals surface area (Å²) in [5.41, 5.74) is 0.738. The molecule has 1 unspecified atom stereocenters. The van der Waals surface area contributed by atoms with Gasteiger partial charge in [-0.3, -0.25) is 4.84 Å². The van der Waals surface area contributed by atoms with Gasteiger partial charge in [0.1, 0.15) is 12.6 Å². The van der Waals surface area contributed by atoms with E-state index in [4.69, 9.17) is 14.3 Å². The van der Waals surface area contributed by atoms with Gasteiger partial charge in [-0.2, -0.15) is 18.3 Å². The summed E-state index contributed by atoms with van der Waals surface area (Å²) in [4.78, 5) is 28.9. The van der Waals surface area contributed by atoms with Gasteiger partial charge in [0, 0.05) is 12.5 Å². The van der Waals surface area contributed by atoms with Crippen molar-refractivity contribution in [3.63, 3.8) is 0 Å². The number of nitrogens with zero attached hydrogens (tertiary/aromatic N) is 5. The second-order valence-electron chi connectivity index (χ2n) is 10.6. The van der Waals surface area contributed by atoms with E-state index in [9.17, 15) is 36.4 Å². The van der Waals surface area contributed by atoms with Gasteiger partial charge in [0.05, 0.1) is 33.9 Å². The van der Waals surface area contributed by atoms with Gasteiger partial charge in [-0.15, -0.1) is 5.01 Å². The van der Waals surface area contributed by atoms with Crippen LogP contribution in [0, 0.1) is 12.1 Å². The maximum Gasteiger partial charge on any atom is 0.435 e. The van der Waals surface area contributed by atoms with E-state index < -0.39 is 52.9 Å². The molecule has 1 amide bonds. The van der Waals surface area contributed by atoms with E-state index in [-0.39, 0.29) is 26.8 Å². The minimum atomic E-state index is -4.73. The highest BCUT2D eigenvalue weighted by atomic mass is 32.2. The molecule has 0 aliphatic rings. The summed E-state index contributed by atoms with van der Waals surface area (Å²) >= 11 is 0. The van der Waals surface area contributed by atoms with Gasteiger partial charge < -0.3 is 14.7 Å². The third-order valence-electron chi connectivity index (χ3n) is 6.87. The molecule has 4 rings (SSSR count). The van der Waals surface area contributed by atoms with E-state index in [1.54, 1.807) is 47.2 Å². The van der Waals surface area contributed by atoms with Crippen LogP contribution in [0.15, 0.2) is 95.1 Å². The number of alkyl halides is 3. The van der Waals surface area contributed by atoms with Gasteiger partial charge in [-0.1, -0.05) is 48.0 Å². The number of aryl methyl sites for hydroxylation is 1. The minimum absolute atomic E-state index is 0.0125. The number of nitrogens with one attached hydrogen (secondary N) is 1. The molecule has 1 heterocycles. The quantitative estimate of drug-likeness (QED) is 0.0643. The van der Waals surface area contributed by atoms with E-state index in [0.717, 1.165) is 33.5 Å². The van der Waals surface area contributed by atoms with Crippen molar-refractivity contribution in [2.45, 2.75) is 44.2 Å². The van der Waals surface area contributed by atoms with Crippen LogP contribution in [-0.4, -0.2) is 66.2 Å². The van der Waals surface area contributed by atoms with Gasteiger partial charge in [-0.05, 0) is 56.3 Å². The van der Waals surface area contributed by atoms with Crippen LogP contribution in [0.2, 0.25) is 0 Å². The molecular weight excluding hydrogens is 673 g/mol. The van der Waals surface area contributed by atoms with E-state index in [0.29, 0.717) is 5.56 Å². The van der Waals surface area contributed by atoms with Crippen LogP contribution < -0.4 is 4.72 Å². The number of aromatic nitrogens is 2. The highest BCUT2D eigenvalue weighted by Crippen LogP contribution is 2.33. The number of carbonyl (C=O) groups excluding carboxylic acids is 2. The molecule has 0 saturated heterocycles. The second kappa shape index (κ2) is 15.1. The van der Waals surface area contributed by atoms with Crippen molar-refractivity contribution in [3.05, 3.63) is 107 Å². The molecule has 49 heavy (non-hydrogen) atoms. The summed E-state index contributed by atoms with van der Waals surface area (Å²) in [6, 6.07) is 19.5. The molecule has 0 fully saturated rings. The Morgan fingerprint density at radius 3 is 2.29 bits per heavy atom. The number of carbonyl (C=O) groups is 2. The minimum Gasteiger partial charge on any atom is -0.569 e. The number of hydrogen-bond acceptors (Lipinski definition) is 10. The fourth-order valence-electron chi connectivity index (χ4n) is 4.06. The van der Waals surface area contributed by atoms with Crippen molar-refractivity contribution in [1.29, 1.82) is 0 Å². The SMILES string of the molecule is Cc1ccc(-c2cc(C(F)(F)F)nn2-c2ccc(S(=O)(=O)NC(=O)OC[C@H](C)N(C)/[N+]([O-])=N/OC(C)OC(=O)c3ccccc3)cc2)cc1. The molecule has 3 aromatic carbocycles. The molecule has 18 heteroatoms. The van der Waals surface area contributed by atoms with Crippen LogP contribution in [0.4, 0.5) is 18.0 Å². The molecule has 0 radical (unpaired) electrons. The molecule has 1 aromatic heterocycles. The lowest BCUT2D eigenvalue weighted by molar-refractivity contribution is -0.714. The number of hydrogen-bond donors (Lipinski definition) is 1. The number of rotatable bonds is 12. The second-order valence-corrected chi connectivity index (χ2v) is 12.3. The van der Waals surface area contributed by atoms with Crippen molar-refractivity contribution in [2.24, 2.45) is 5.28 Å². The first-order valence-corrected chi connectivity index (χ1v) is 15.9. The number of halogens is 3. The van der Waals surface area contributed by atoms with Gasteiger partial charge in [0.15, 0.2) is 5.69 Å². The lowest BCUT2D eigenvalue weighted by Crippen LogP contribution is -2.40. The highest BCUT2D eigenvalue weighted by Gasteiger charge is 2.35. The fourth-order valence-corrected chi connectivity index (χ4v) is 4.95. The van der Waals surface area contributed by atoms with Crippen LogP contribution >= 0.6 is 0 Å². The average molecular weight is 705 g/mol. The number of ether oxygens (including phenoxy) is 2. The van der Waals surface area contributed by atoms with E-state index >= 15 is 0 Å². The first-order valence-electron chi connectivity index (χ1n) is 14.4. The fraction of sp³-hybridized carbons (Fsp3) is 0.258. The van der Waals surface area contributed by atoms with Gasteiger partial charge >= 0.3 is 18.2 Å². The first kappa shape index (κ1) is 36.2. The lowest BCUT2D eigenvalue weighted by atomic mass is 10.1. The first-order chi connectivity index (χ1) is 23.0. The smallest absolute Gasteiger partial charge is 0.435 e. The van der Waals surface area contributed by atoms with Crippen molar-refractivity contribution in [3.8, 4) is 16.9 Å². The van der Waals surface area contributed by atoms with Crippen LogP contribution in [-0.2, 0) is 30.5 Å². The van der Waals surface area contributed by atoms with Crippen LogP contribution in [0.5, 0.6) is 0 Å². The standard InChI is InChI=1S/C31H31F3N6O8S/c1-20-10-12-23(13-11-20)27-18-28(31(32,33)34)35-39(27)25-14-16-26(17-15-25)49(44,45)36-30(42)46-19-21(2)38(4)40(43)37-48-22(3)47-29(41)24-8-6-5-7-9-24/h5-18,21-22H,19H2,1-4H3,(H,36,42)/b40-37-/t21-,22?/m0/s1. The number of amides is 1. The predicted octanol–water partition coefficient (Wildman–Crippen LogP) is 5.61. The number of benzene rings is 3. The number of hydrazine groups is 1. The van der Waals surface area contributed by atoms with Crippen molar-refractivity contribution >= 4 is 22.1 Å². The Hall–Kier alpha value is -5.65. The molecular formula is C31H31F3N6O8S. The summed E-state index contributed by atoms with van der Waals surface area (Å²) in [6.07, 6.45) is -7.31. The van der Waals surface area contributed by atoms with E-state index in [1.807, 2.05) is 6.92 Å². The van der Waals surface area contributed by atoms with Crippen molar-refractivity contribution < 1.29 is 50.5 Å². The Balaban J connectivity index is 1.34. The van der Waals surface area contributed by atoms with Gasteiger partial charge in [-0.25, -0.2) is 27.4 Å². The molecule has 0 aliphatic heterocycles. The van der Waals surface area contributed by atoms with Crippen molar-refractivity contribution in [2.75, 3.05) is 13.7 Å². The monoisotopic (exact) mass is 704 g/mol. The Bertz CT molecular complexity index is 1900. The van der Waals surface area contributed by atoms with E-state index in [2.05, 4.69) is 10.4 Å². The normalized spacial score (nSPS) is 13.2. The average Bonchev–Trinajstić information content (AvgIpc) is 3.53. The summed E-state index contributed by atoms with van der Waals surface area (Å²) in [5.74, 6) is -0.697. The highest BCUT2D eigenvalue weighted by molar-refractivity contribution is 7.90.